The summed E-state index contributed by atoms with van der Waals surface area (Å²) in [4.78, 5) is 38.2. The molecule has 7 N–H and O–H groups in total. The molecule has 42 heavy (non-hydrogen) atoms. The summed E-state index contributed by atoms with van der Waals surface area (Å²) in [6.45, 7) is 2.39. The maximum absolute atomic E-state index is 13.4. The molecular weight excluding hydrogens is 532 g/mol. The standard InChI is InChI=1S/C32H30N6O4/c1-2-15-36-38-31(40)19-7-11-22(12-8-19)37-29(39)18-35-32(41)24-6-4-3-5-23(24)30-25-13-9-20(33)16-27(25)42-28-17-21(34)10-14-26(28)30/h3-14,16-17,33,36H,2,15,18,34H2,1H3,(H,35,41)(H,37,39)(H,38,40). The third kappa shape index (κ3) is 6.13. The minimum absolute atomic E-state index is 0.263. The van der Waals surface area contributed by atoms with Crippen LogP contribution in [0.3, 0.4) is 0 Å². The number of hydrogen-bond acceptors (Lipinski definition) is 7. The Labute approximate surface area is 241 Å². The van der Waals surface area contributed by atoms with Crippen molar-refractivity contribution < 1.29 is 18.8 Å². The summed E-state index contributed by atoms with van der Waals surface area (Å²) in [6, 6.07) is 24.0. The first-order chi connectivity index (χ1) is 20.3. The van der Waals surface area contributed by atoms with E-state index < -0.39 is 11.8 Å². The molecule has 0 bridgehead atoms. The van der Waals surface area contributed by atoms with Crippen molar-refractivity contribution >= 4 is 40.1 Å². The molecule has 0 spiro atoms. The number of nitrogens with one attached hydrogen (secondary N) is 5. The summed E-state index contributed by atoms with van der Waals surface area (Å²) in [5, 5.41) is 14.5. The fourth-order valence-electron chi connectivity index (χ4n) is 4.60. The van der Waals surface area contributed by atoms with Gasteiger partial charge in [0.15, 0.2) is 0 Å². The molecule has 2 aliphatic rings. The zero-order valence-corrected chi connectivity index (χ0v) is 22.9. The van der Waals surface area contributed by atoms with E-state index >= 15 is 0 Å². The highest BCUT2D eigenvalue weighted by Crippen LogP contribution is 2.41. The van der Waals surface area contributed by atoms with Crippen molar-refractivity contribution in [1.29, 1.82) is 5.41 Å². The number of rotatable bonds is 9. The van der Waals surface area contributed by atoms with Crippen LogP contribution in [0.2, 0.25) is 0 Å². The quantitative estimate of drug-likeness (QED) is 0.0680. The molecule has 0 fully saturated rings. The molecule has 0 atom stereocenters. The lowest BCUT2D eigenvalue weighted by molar-refractivity contribution is -0.115. The minimum Gasteiger partial charge on any atom is -0.456 e. The molecule has 3 aromatic carbocycles. The molecule has 0 saturated heterocycles. The van der Waals surface area contributed by atoms with Crippen LogP contribution in [0.5, 0.6) is 0 Å². The van der Waals surface area contributed by atoms with E-state index in [9.17, 15) is 14.4 Å². The number of anilines is 2. The summed E-state index contributed by atoms with van der Waals surface area (Å²) in [5.74, 6) is -0.632. The van der Waals surface area contributed by atoms with Gasteiger partial charge in [0.25, 0.3) is 11.8 Å². The molecular formula is C32H30N6O4. The number of carbonyl (C=O) groups is 3. The van der Waals surface area contributed by atoms with E-state index in [-0.39, 0.29) is 12.5 Å². The molecule has 1 heterocycles. The third-order valence-electron chi connectivity index (χ3n) is 6.60. The van der Waals surface area contributed by atoms with Crippen LogP contribution in [0.15, 0.2) is 89.3 Å². The monoisotopic (exact) mass is 562 g/mol. The molecule has 0 radical (unpaired) electrons. The van der Waals surface area contributed by atoms with Crippen molar-refractivity contribution in [2.75, 3.05) is 24.1 Å². The molecule has 5 rings (SSSR count). The van der Waals surface area contributed by atoms with E-state index in [4.69, 9.17) is 15.6 Å². The fourth-order valence-corrected chi connectivity index (χ4v) is 4.60. The van der Waals surface area contributed by atoms with Crippen LogP contribution in [0.1, 0.15) is 34.1 Å². The van der Waals surface area contributed by atoms with Gasteiger partial charge in [-0.2, -0.15) is 0 Å². The van der Waals surface area contributed by atoms with Crippen LogP contribution in [0, 0.1) is 5.41 Å². The molecule has 10 nitrogen and oxygen atoms in total. The predicted octanol–water partition coefficient (Wildman–Crippen LogP) is 4.28. The van der Waals surface area contributed by atoms with E-state index in [0.29, 0.717) is 51.3 Å². The summed E-state index contributed by atoms with van der Waals surface area (Å²) < 4.78 is 6.07. The van der Waals surface area contributed by atoms with Gasteiger partial charge in [0, 0.05) is 57.7 Å². The number of nitrogen functional groups attached to an aromatic ring is 1. The normalized spacial score (nSPS) is 10.9. The molecule has 0 unspecified atom stereocenters. The average Bonchev–Trinajstić information content (AvgIpc) is 2.99. The first kappa shape index (κ1) is 28.1. The van der Waals surface area contributed by atoms with Gasteiger partial charge < -0.3 is 26.2 Å². The molecule has 0 aromatic heterocycles. The Morgan fingerprint density at radius 3 is 2.45 bits per heavy atom. The van der Waals surface area contributed by atoms with Crippen molar-refractivity contribution in [3.8, 4) is 22.5 Å². The number of hydrogen-bond donors (Lipinski definition) is 6. The van der Waals surface area contributed by atoms with Crippen molar-refractivity contribution in [2.45, 2.75) is 13.3 Å². The zero-order chi connectivity index (χ0) is 29.6. The number of benzene rings is 4. The number of nitrogens with two attached hydrogens (primary N) is 1. The van der Waals surface area contributed by atoms with Crippen LogP contribution in [0.25, 0.3) is 33.4 Å². The number of carbonyl (C=O) groups excluding carboxylic acids is 3. The lowest BCUT2D eigenvalue weighted by atomic mass is 9.90. The molecule has 0 saturated carbocycles. The van der Waals surface area contributed by atoms with Crippen molar-refractivity contribution in [1.82, 2.24) is 16.2 Å². The van der Waals surface area contributed by atoms with Crippen molar-refractivity contribution in [2.24, 2.45) is 0 Å². The Bertz CT molecular complexity index is 1810. The molecule has 1 aliphatic carbocycles. The Balaban J connectivity index is 1.34. The molecule has 1 aliphatic heterocycles. The van der Waals surface area contributed by atoms with Gasteiger partial charge in [-0.05, 0) is 66.6 Å². The topological polar surface area (TPSA) is 162 Å². The molecule has 3 aromatic rings. The summed E-state index contributed by atoms with van der Waals surface area (Å²) in [5.41, 5.74) is 15.9. The van der Waals surface area contributed by atoms with Gasteiger partial charge in [-0.3, -0.25) is 19.8 Å². The van der Waals surface area contributed by atoms with Gasteiger partial charge in [0.05, 0.1) is 11.9 Å². The van der Waals surface area contributed by atoms with Gasteiger partial charge >= 0.3 is 0 Å². The number of amides is 3. The highest BCUT2D eigenvalue weighted by molar-refractivity contribution is 6.10. The fraction of sp³-hybridized carbons (Fsp3) is 0.125. The lowest BCUT2D eigenvalue weighted by Crippen LogP contribution is -2.37. The second-order valence-corrected chi connectivity index (χ2v) is 9.68. The minimum atomic E-state index is -0.429. The zero-order valence-electron chi connectivity index (χ0n) is 22.9. The Hall–Kier alpha value is -5.48. The third-order valence-corrected chi connectivity index (χ3v) is 6.60. The summed E-state index contributed by atoms with van der Waals surface area (Å²) >= 11 is 0. The van der Waals surface area contributed by atoms with Crippen LogP contribution < -0.4 is 32.6 Å². The van der Waals surface area contributed by atoms with Crippen LogP contribution >= 0.6 is 0 Å². The maximum atomic E-state index is 13.4. The smallest absolute Gasteiger partial charge is 0.265 e. The van der Waals surface area contributed by atoms with E-state index in [2.05, 4.69) is 21.5 Å². The first-order valence-electron chi connectivity index (χ1n) is 13.5. The van der Waals surface area contributed by atoms with Crippen molar-refractivity contribution in [3.05, 3.63) is 101 Å². The Morgan fingerprint density at radius 2 is 1.67 bits per heavy atom. The van der Waals surface area contributed by atoms with Crippen LogP contribution in [0.4, 0.5) is 11.4 Å². The van der Waals surface area contributed by atoms with Crippen molar-refractivity contribution in [3.63, 3.8) is 0 Å². The SMILES string of the molecule is CCCNNC(=O)c1ccc(NC(=O)CNC(=O)c2ccccc2-c2c3ccc(=N)cc-3oc3cc(N)ccc23)cc1. The second kappa shape index (κ2) is 12.4. The van der Waals surface area contributed by atoms with Gasteiger partial charge in [-0.1, -0.05) is 25.1 Å². The maximum Gasteiger partial charge on any atom is 0.265 e. The van der Waals surface area contributed by atoms with Crippen LogP contribution in [-0.4, -0.2) is 30.8 Å². The number of hydrazine groups is 1. The van der Waals surface area contributed by atoms with E-state index in [1.54, 1.807) is 66.7 Å². The molecule has 3 amide bonds. The van der Waals surface area contributed by atoms with E-state index in [0.717, 1.165) is 22.9 Å². The second-order valence-electron chi connectivity index (χ2n) is 9.68. The van der Waals surface area contributed by atoms with Crippen LogP contribution in [-0.2, 0) is 4.79 Å². The first-order valence-corrected chi connectivity index (χ1v) is 13.5. The number of fused-ring (bicyclic) bond motifs is 2. The highest BCUT2D eigenvalue weighted by atomic mass is 16.3. The predicted molar refractivity (Wildman–Crippen MR) is 162 cm³/mol. The van der Waals surface area contributed by atoms with E-state index in [1.165, 1.54) is 0 Å². The van der Waals surface area contributed by atoms with Gasteiger partial charge in [-0.15, -0.1) is 0 Å². The van der Waals surface area contributed by atoms with Gasteiger partial charge in [0.2, 0.25) is 5.91 Å². The van der Waals surface area contributed by atoms with E-state index in [1.807, 2.05) is 25.1 Å². The van der Waals surface area contributed by atoms with Gasteiger partial charge in [0.1, 0.15) is 11.3 Å². The summed E-state index contributed by atoms with van der Waals surface area (Å²) in [6.07, 6.45) is 0.882. The molecule has 10 heteroatoms. The molecule has 212 valence electrons. The Kier molecular flexibility index (Phi) is 8.26. The Morgan fingerprint density at radius 1 is 0.881 bits per heavy atom. The highest BCUT2D eigenvalue weighted by Gasteiger charge is 2.21. The largest absolute Gasteiger partial charge is 0.456 e. The van der Waals surface area contributed by atoms with Gasteiger partial charge in [-0.25, -0.2) is 5.43 Å². The summed E-state index contributed by atoms with van der Waals surface area (Å²) in [7, 11) is 0. The lowest BCUT2D eigenvalue weighted by Gasteiger charge is -2.18. The average molecular weight is 563 g/mol.